The van der Waals surface area contributed by atoms with Crippen molar-refractivity contribution in [2.24, 2.45) is 5.10 Å². The third-order valence-corrected chi connectivity index (χ3v) is 5.22. The molecule has 2 N–H and O–H groups in total. The second kappa shape index (κ2) is 8.59. The SMILES string of the molecule is CCOC(=O)c1c(NC(=O)C(=O)N/N=C/c2ccccc2)sc2c1CCC2. The van der Waals surface area contributed by atoms with Gasteiger partial charge in [0.15, 0.2) is 0 Å². The van der Waals surface area contributed by atoms with Gasteiger partial charge in [-0.1, -0.05) is 30.3 Å². The van der Waals surface area contributed by atoms with Crippen molar-refractivity contribution in [3.63, 3.8) is 0 Å². The van der Waals surface area contributed by atoms with Gasteiger partial charge in [-0.25, -0.2) is 10.2 Å². The van der Waals surface area contributed by atoms with E-state index in [1.165, 1.54) is 17.6 Å². The van der Waals surface area contributed by atoms with Crippen LogP contribution in [0.3, 0.4) is 0 Å². The highest BCUT2D eigenvalue weighted by Crippen LogP contribution is 2.39. The molecule has 1 heterocycles. The van der Waals surface area contributed by atoms with E-state index in [1.54, 1.807) is 6.92 Å². The number of esters is 1. The Hall–Kier alpha value is -3.00. The van der Waals surface area contributed by atoms with E-state index in [0.29, 0.717) is 10.6 Å². The molecule has 0 radical (unpaired) electrons. The van der Waals surface area contributed by atoms with Gasteiger partial charge in [-0.05, 0) is 37.3 Å². The Morgan fingerprint density at radius 2 is 1.96 bits per heavy atom. The molecular formula is C19H19N3O4S. The monoisotopic (exact) mass is 385 g/mol. The number of benzene rings is 1. The van der Waals surface area contributed by atoms with E-state index in [4.69, 9.17) is 4.74 Å². The number of thiophene rings is 1. The second-order valence-corrected chi connectivity index (χ2v) is 6.95. The molecule has 0 atom stereocenters. The van der Waals surface area contributed by atoms with E-state index in [2.05, 4.69) is 15.8 Å². The molecular weight excluding hydrogens is 366 g/mol. The van der Waals surface area contributed by atoms with E-state index in [0.717, 1.165) is 35.3 Å². The fourth-order valence-corrected chi connectivity index (χ4v) is 4.10. The number of fused-ring (bicyclic) bond motifs is 1. The first-order valence-electron chi connectivity index (χ1n) is 8.61. The molecule has 0 saturated carbocycles. The van der Waals surface area contributed by atoms with Gasteiger partial charge in [-0.3, -0.25) is 9.59 Å². The predicted octanol–water partition coefficient (Wildman–Crippen LogP) is 2.50. The van der Waals surface area contributed by atoms with E-state index >= 15 is 0 Å². The van der Waals surface area contributed by atoms with Crippen molar-refractivity contribution in [2.45, 2.75) is 26.2 Å². The summed E-state index contributed by atoms with van der Waals surface area (Å²) in [7, 11) is 0. The lowest BCUT2D eigenvalue weighted by Crippen LogP contribution is -2.32. The topological polar surface area (TPSA) is 96.9 Å². The number of amides is 2. The summed E-state index contributed by atoms with van der Waals surface area (Å²) in [6.07, 6.45) is 4.03. The van der Waals surface area contributed by atoms with Crippen molar-refractivity contribution in [1.82, 2.24) is 5.43 Å². The van der Waals surface area contributed by atoms with Crippen LogP contribution in [0.15, 0.2) is 35.4 Å². The zero-order valence-corrected chi connectivity index (χ0v) is 15.6. The molecule has 2 amide bonds. The fraction of sp³-hybridized carbons (Fsp3) is 0.263. The van der Waals surface area contributed by atoms with Crippen molar-refractivity contribution in [2.75, 3.05) is 11.9 Å². The molecule has 140 valence electrons. The van der Waals surface area contributed by atoms with Gasteiger partial charge in [0.05, 0.1) is 18.4 Å². The standard InChI is InChI=1S/C19H19N3O4S/c1-2-26-19(25)15-13-9-6-10-14(13)27-18(15)21-16(23)17(24)22-20-11-12-7-4-3-5-8-12/h3-5,7-8,11H,2,6,9-10H2,1H3,(H,21,23)(H,22,24)/b20-11+. The summed E-state index contributed by atoms with van der Waals surface area (Å²) in [5, 5.41) is 6.64. The first-order chi connectivity index (χ1) is 13.1. The quantitative estimate of drug-likeness (QED) is 0.358. The summed E-state index contributed by atoms with van der Waals surface area (Å²) in [4.78, 5) is 37.5. The minimum absolute atomic E-state index is 0.242. The first-order valence-corrected chi connectivity index (χ1v) is 9.43. The zero-order valence-electron chi connectivity index (χ0n) is 14.8. The van der Waals surface area contributed by atoms with E-state index < -0.39 is 17.8 Å². The number of ether oxygens (including phenoxy) is 1. The van der Waals surface area contributed by atoms with Gasteiger partial charge < -0.3 is 10.1 Å². The van der Waals surface area contributed by atoms with Gasteiger partial charge in [0.2, 0.25) is 0 Å². The third-order valence-electron chi connectivity index (χ3n) is 4.01. The van der Waals surface area contributed by atoms with Crippen LogP contribution in [0.1, 0.15) is 39.7 Å². The second-order valence-electron chi connectivity index (χ2n) is 5.85. The predicted molar refractivity (Wildman–Crippen MR) is 103 cm³/mol. The van der Waals surface area contributed by atoms with Crippen LogP contribution in [-0.2, 0) is 27.2 Å². The maximum absolute atomic E-state index is 12.3. The highest BCUT2D eigenvalue weighted by Gasteiger charge is 2.29. The lowest BCUT2D eigenvalue weighted by Gasteiger charge is -2.07. The average molecular weight is 385 g/mol. The molecule has 0 fully saturated rings. The first kappa shape index (κ1) is 18.8. The molecule has 8 heteroatoms. The van der Waals surface area contributed by atoms with Crippen LogP contribution in [0.2, 0.25) is 0 Å². The normalized spacial score (nSPS) is 12.6. The van der Waals surface area contributed by atoms with Gasteiger partial charge in [-0.2, -0.15) is 5.10 Å². The van der Waals surface area contributed by atoms with Gasteiger partial charge >= 0.3 is 17.8 Å². The number of hydrogen-bond donors (Lipinski definition) is 2. The smallest absolute Gasteiger partial charge is 0.341 e. The van der Waals surface area contributed by atoms with Crippen LogP contribution in [0, 0.1) is 0 Å². The van der Waals surface area contributed by atoms with Gasteiger partial charge in [0, 0.05) is 4.88 Å². The summed E-state index contributed by atoms with van der Waals surface area (Å²) in [6, 6.07) is 9.16. The summed E-state index contributed by atoms with van der Waals surface area (Å²) in [5.74, 6) is -2.27. The minimum atomic E-state index is -0.912. The number of nitrogens with zero attached hydrogens (tertiary/aromatic N) is 1. The highest BCUT2D eigenvalue weighted by atomic mass is 32.1. The number of carbonyl (C=O) groups excluding carboxylic acids is 3. The number of aryl methyl sites for hydroxylation is 1. The Morgan fingerprint density at radius 1 is 1.19 bits per heavy atom. The van der Waals surface area contributed by atoms with Crippen LogP contribution >= 0.6 is 11.3 Å². The maximum atomic E-state index is 12.3. The van der Waals surface area contributed by atoms with Crippen molar-refractivity contribution < 1.29 is 19.1 Å². The number of hydrogen-bond acceptors (Lipinski definition) is 6. The Morgan fingerprint density at radius 3 is 2.70 bits per heavy atom. The molecule has 1 aromatic carbocycles. The van der Waals surface area contributed by atoms with Crippen LogP contribution in [0.5, 0.6) is 0 Å². The zero-order chi connectivity index (χ0) is 19.2. The summed E-state index contributed by atoms with van der Waals surface area (Å²) in [5.41, 5.74) is 4.25. The molecule has 27 heavy (non-hydrogen) atoms. The largest absolute Gasteiger partial charge is 0.462 e. The number of anilines is 1. The third kappa shape index (κ3) is 4.40. The average Bonchev–Trinajstić information content (AvgIpc) is 3.23. The molecule has 2 aromatic rings. The van der Waals surface area contributed by atoms with Crippen molar-refractivity contribution in [3.8, 4) is 0 Å². The molecule has 1 aliphatic carbocycles. The number of rotatable bonds is 5. The van der Waals surface area contributed by atoms with Gasteiger partial charge in [0.1, 0.15) is 5.00 Å². The molecule has 1 aromatic heterocycles. The summed E-state index contributed by atoms with van der Waals surface area (Å²) < 4.78 is 5.10. The van der Waals surface area contributed by atoms with Crippen LogP contribution in [-0.4, -0.2) is 30.6 Å². The van der Waals surface area contributed by atoms with Crippen LogP contribution in [0.25, 0.3) is 0 Å². The molecule has 0 unspecified atom stereocenters. The maximum Gasteiger partial charge on any atom is 0.341 e. The molecule has 7 nitrogen and oxygen atoms in total. The number of hydrazone groups is 1. The molecule has 0 bridgehead atoms. The Kier molecular flexibility index (Phi) is 5.97. The lowest BCUT2D eigenvalue weighted by molar-refractivity contribution is -0.136. The number of nitrogens with one attached hydrogen (secondary N) is 2. The summed E-state index contributed by atoms with van der Waals surface area (Å²) >= 11 is 1.32. The van der Waals surface area contributed by atoms with Crippen LogP contribution < -0.4 is 10.7 Å². The van der Waals surface area contributed by atoms with Crippen molar-refractivity contribution >= 4 is 40.3 Å². The van der Waals surface area contributed by atoms with Crippen LogP contribution in [0.4, 0.5) is 5.00 Å². The Balaban J connectivity index is 1.68. The molecule has 1 aliphatic rings. The summed E-state index contributed by atoms with van der Waals surface area (Å²) in [6.45, 7) is 1.96. The fourth-order valence-electron chi connectivity index (χ4n) is 2.83. The molecule has 0 saturated heterocycles. The molecule has 3 rings (SSSR count). The number of carbonyl (C=O) groups is 3. The van der Waals surface area contributed by atoms with E-state index in [9.17, 15) is 14.4 Å². The van der Waals surface area contributed by atoms with Crippen molar-refractivity contribution in [3.05, 3.63) is 51.9 Å². The van der Waals surface area contributed by atoms with Gasteiger partial charge in [-0.15, -0.1) is 11.3 Å². The molecule has 0 aliphatic heterocycles. The van der Waals surface area contributed by atoms with Crippen molar-refractivity contribution in [1.29, 1.82) is 0 Å². The minimum Gasteiger partial charge on any atom is -0.462 e. The highest BCUT2D eigenvalue weighted by molar-refractivity contribution is 7.17. The Bertz CT molecular complexity index is 890. The van der Waals surface area contributed by atoms with E-state index in [1.807, 2.05) is 30.3 Å². The van der Waals surface area contributed by atoms with E-state index in [-0.39, 0.29) is 6.61 Å². The Labute approximate surface area is 160 Å². The van der Waals surface area contributed by atoms with Gasteiger partial charge in [0.25, 0.3) is 0 Å². The molecule has 0 spiro atoms. The lowest BCUT2D eigenvalue weighted by atomic mass is 10.1.